The molecule has 1 aromatic carbocycles. The Morgan fingerprint density at radius 1 is 1.37 bits per heavy atom. The predicted octanol–water partition coefficient (Wildman–Crippen LogP) is 2.85. The number of fused-ring (bicyclic) bond motifs is 1. The number of carbonyl (C=O) groups is 1. The number of nitrogens with zero attached hydrogens (tertiary/aromatic N) is 3. The van der Waals surface area contributed by atoms with Crippen molar-refractivity contribution in [3.63, 3.8) is 0 Å². The molecule has 0 bridgehead atoms. The fraction of sp³-hybridized carbons (Fsp3) is 0.316. The number of furan rings is 1. The van der Waals surface area contributed by atoms with Crippen LogP contribution in [-0.4, -0.2) is 26.5 Å². The maximum absolute atomic E-state index is 12.5. The van der Waals surface area contributed by atoms with Crippen LogP contribution >= 0.6 is 11.8 Å². The van der Waals surface area contributed by atoms with Crippen LogP contribution in [-0.2, 0) is 11.2 Å². The molecule has 1 aliphatic rings. The highest BCUT2D eigenvalue weighted by molar-refractivity contribution is 7.99. The number of amides is 1. The van der Waals surface area contributed by atoms with Crippen molar-refractivity contribution >= 4 is 17.7 Å². The molecule has 0 aliphatic heterocycles. The maximum Gasteiger partial charge on any atom is 0.230 e. The standard InChI is InChI=1S/C19H21N5O2S/c1-12-14(9-10-26-12)18-22-23-19(24(18)20)27-11-17(25)21-16-8-4-6-13-5-2-3-7-15(13)16/h2-3,5,7,9-10,16H,4,6,8,11,20H2,1H3,(H,21,25)/t16-/m1/s1. The first kappa shape index (κ1) is 17.7. The van der Waals surface area contributed by atoms with Crippen molar-refractivity contribution in [3.05, 3.63) is 53.5 Å². The number of thioether (sulfide) groups is 1. The van der Waals surface area contributed by atoms with Gasteiger partial charge in [0.05, 0.1) is 23.6 Å². The van der Waals surface area contributed by atoms with Gasteiger partial charge in [-0.15, -0.1) is 10.2 Å². The molecule has 1 atom stereocenters. The summed E-state index contributed by atoms with van der Waals surface area (Å²) in [6, 6.07) is 10.2. The minimum Gasteiger partial charge on any atom is -0.469 e. The lowest BCUT2D eigenvalue weighted by atomic mass is 9.88. The number of aryl methyl sites for hydroxylation is 2. The Morgan fingerprint density at radius 2 is 2.22 bits per heavy atom. The quantitative estimate of drug-likeness (QED) is 0.519. The second-order valence-corrected chi connectivity index (χ2v) is 7.51. The zero-order valence-electron chi connectivity index (χ0n) is 15.0. The zero-order chi connectivity index (χ0) is 18.8. The van der Waals surface area contributed by atoms with E-state index < -0.39 is 0 Å². The topological polar surface area (TPSA) is 99.0 Å². The third-order valence-electron chi connectivity index (χ3n) is 4.80. The molecule has 0 saturated carbocycles. The van der Waals surface area contributed by atoms with Crippen LogP contribution in [0.15, 0.2) is 46.2 Å². The van der Waals surface area contributed by atoms with Crippen LogP contribution in [0.3, 0.4) is 0 Å². The van der Waals surface area contributed by atoms with Crippen molar-refractivity contribution in [1.29, 1.82) is 0 Å². The highest BCUT2D eigenvalue weighted by Crippen LogP contribution is 2.30. The summed E-state index contributed by atoms with van der Waals surface area (Å²) in [4.78, 5) is 12.5. The molecule has 140 valence electrons. The Bertz CT molecular complexity index is 965. The number of nitrogen functional groups attached to an aromatic ring is 1. The van der Waals surface area contributed by atoms with Crippen molar-refractivity contribution in [2.24, 2.45) is 0 Å². The fourth-order valence-corrected chi connectivity index (χ4v) is 4.11. The minimum atomic E-state index is -0.0363. The van der Waals surface area contributed by atoms with Gasteiger partial charge in [-0.3, -0.25) is 4.79 Å². The maximum atomic E-state index is 12.5. The van der Waals surface area contributed by atoms with Crippen LogP contribution in [0.4, 0.5) is 0 Å². The molecule has 0 radical (unpaired) electrons. The molecule has 4 rings (SSSR count). The van der Waals surface area contributed by atoms with Gasteiger partial charge < -0.3 is 15.6 Å². The Morgan fingerprint density at radius 3 is 3.04 bits per heavy atom. The van der Waals surface area contributed by atoms with Crippen LogP contribution in [0, 0.1) is 6.92 Å². The second kappa shape index (κ2) is 7.48. The van der Waals surface area contributed by atoms with Crippen molar-refractivity contribution in [3.8, 4) is 11.4 Å². The van der Waals surface area contributed by atoms with Gasteiger partial charge in [0.25, 0.3) is 0 Å². The highest BCUT2D eigenvalue weighted by atomic mass is 32.2. The van der Waals surface area contributed by atoms with E-state index in [9.17, 15) is 4.79 Å². The fourth-order valence-electron chi connectivity index (χ4n) is 3.45. The van der Waals surface area contributed by atoms with Crippen LogP contribution in [0.1, 0.15) is 35.8 Å². The van der Waals surface area contributed by atoms with Gasteiger partial charge in [0, 0.05) is 0 Å². The average molecular weight is 383 g/mol. The van der Waals surface area contributed by atoms with E-state index in [2.05, 4.69) is 27.6 Å². The number of hydrogen-bond donors (Lipinski definition) is 2. The van der Waals surface area contributed by atoms with Crippen molar-refractivity contribution in [1.82, 2.24) is 20.2 Å². The van der Waals surface area contributed by atoms with E-state index in [1.54, 1.807) is 12.3 Å². The van der Waals surface area contributed by atoms with Gasteiger partial charge in [0.2, 0.25) is 11.1 Å². The summed E-state index contributed by atoms with van der Waals surface area (Å²) >= 11 is 1.27. The summed E-state index contributed by atoms with van der Waals surface area (Å²) in [6.07, 6.45) is 4.70. The number of carbonyl (C=O) groups excluding carboxylic acids is 1. The molecule has 0 saturated heterocycles. The summed E-state index contributed by atoms with van der Waals surface area (Å²) in [5.74, 6) is 7.53. The number of nitrogens with one attached hydrogen (secondary N) is 1. The smallest absolute Gasteiger partial charge is 0.230 e. The van der Waals surface area contributed by atoms with Crippen LogP contribution in [0.25, 0.3) is 11.4 Å². The number of hydrogen-bond acceptors (Lipinski definition) is 6. The molecular weight excluding hydrogens is 362 g/mol. The molecule has 27 heavy (non-hydrogen) atoms. The lowest BCUT2D eigenvalue weighted by Crippen LogP contribution is -2.32. The molecule has 3 aromatic rings. The van der Waals surface area contributed by atoms with E-state index in [0.717, 1.165) is 30.6 Å². The van der Waals surface area contributed by atoms with Crippen molar-refractivity contribution < 1.29 is 9.21 Å². The summed E-state index contributed by atoms with van der Waals surface area (Å²) in [5, 5.41) is 11.8. The monoisotopic (exact) mass is 383 g/mol. The number of aromatic nitrogens is 3. The molecule has 2 aromatic heterocycles. The van der Waals surface area contributed by atoms with Crippen LogP contribution in [0.5, 0.6) is 0 Å². The molecule has 7 nitrogen and oxygen atoms in total. The summed E-state index contributed by atoms with van der Waals surface area (Å²) in [6.45, 7) is 1.84. The van der Waals surface area contributed by atoms with E-state index in [4.69, 9.17) is 10.3 Å². The van der Waals surface area contributed by atoms with Gasteiger partial charge in [-0.25, -0.2) is 4.68 Å². The molecule has 0 unspecified atom stereocenters. The van der Waals surface area contributed by atoms with Crippen LogP contribution < -0.4 is 11.2 Å². The average Bonchev–Trinajstić information content (AvgIpc) is 3.25. The molecule has 8 heteroatoms. The number of benzene rings is 1. The number of rotatable bonds is 5. The highest BCUT2D eigenvalue weighted by Gasteiger charge is 2.22. The van der Waals surface area contributed by atoms with Crippen molar-refractivity contribution in [2.45, 2.75) is 37.4 Å². The largest absolute Gasteiger partial charge is 0.469 e. The van der Waals surface area contributed by atoms with Gasteiger partial charge in [-0.05, 0) is 43.4 Å². The molecule has 1 aliphatic carbocycles. The summed E-state index contributed by atoms with van der Waals surface area (Å²) < 4.78 is 6.68. The molecule has 0 fully saturated rings. The van der Waals surface area contributed by atoms with E-state index in [1.807, 2.05) is 19.1 Å². The van der Waals surface area contributed by atoms with E-state index in [-0.39, 0.29) is 17.7 Å². The molecule has 3 N–H and O–H groups in total. The van der Waals surface area contributed by atoms with Gasteiger partial charge in [0.15, 0.2) is 5.82 Å². The normalized spacial score (nSPS) is 16.1. The third-order valence-corrected chi connectivity index (χ3v) is 5.74. The third kappa shape index (κ3) is 3.57. The Hall–Kier alpha value is -2.74. The summed E-state index contributed by atoms with van der Waals surface area (Å²) in [5.41, 5.74) is 3.34. The van der Waals surface area contributed by atoms with Gasteiger partial charge >= 0.3 is 0 Å². The van der Waals surface area contributed by atoms with E-state index in [0.29, 0.717) is 11.0 Å². The molecule has 2 heterocycles. The first-order valence-corrected chi connectivity index (χ1v) is 9.87. The predicted molar refractivity (Wildman–Crippen MR) is 104 cm³/mol. The lowest BCUT2D eigenvalue weighted by molar-refractivity contribution is -0.119. The zero-order valence-corrected chi connectivity index (χ0v) is 15.8. The molecular formula is C19H21N5O2S. The van der Waals surface area contributed by atoms with E-state index in [1.165, 1.54) is 27.6 Å². The van der Waals surface area contributed by atoms with Crippen LogP contribution in [0.2, 0.25) is 0 Å². The molecule has 0 spiro atoms. The Kier molecular flexibility index (Phi) is 4.89. The SMILES string of the molecule is Cc1occc1-c1nnc(SCC(=O)N[C@@H]2CCCc3ccccc32)n1N. The first-order valence-electron chi connectivity index (χ1n) is 8.88. The van der Waals surface area contributed by atoms with E-state index >= 15 is 0 Å². The van der Waals surface area contributed by atoms with Gasteiger partial charge in [0.1, 0.15) is 5.76 Å². The second-order valence-electron chi connectivity index (χ2n) is 6.57. The Balaban J connectivity index is 1.40. The first-order chi connectivity index (χ1) is 13.1. The molecule has 1 amide bonds. The van der Waals surface area contributed by atoms with Gasteiger partial charge in [-0.1, -0.05) is 36.0 Å². The lowest BCUT2D eigenvalue weighted by Gasteiger charge is -2.26. The van der Waals surface area contributed by atoms with Crippen molar-refractivity contribution in [2.75, 3.05) is 11.6 Å². The Labute approximate surface area is 161 Å². The minimum absolute atomic E-state index is 0.0363. The van der Waals surface area contributed by atoms with Gasteiger partial charge in [-0.2, -0.15) is 0 Å². The summed E-state index contributed by atoms with van der Waals surface area (Å²) in [7, 11) is 0. The number of nitrogens with two attached hydrogens (primary N) is 1.